The molecule has 0 aliphatic rings. The van der Waals surface area contributed by atoms with Crippen molar-refractivity contribution >= 4 is 23.4 Å². The fourth-order valence-electron chi connectivity index (χ4n) is 3.17. The summed E-state index contributed by atoms with van der Waals surface area (Å²) in [6.45, 7) is 6.83. The fourth-order valence-corrected chi connectivity index (χ4v) is 3.36. The Bertz CT molecular complexity index is 807. The first kappa shape index (κ1) is 22.0. The Morgan fingerprint density at radius 3 is 2.29 bits per heavy atom. The lowest BCUT2D eigenvalue weighted by Crippen LogP contribution is -2.49. The SMILES string of the molecule is CCCNC(=O)[C@H](CC)N(Cc1ccccc1Cl)C(=O)Cc1ccccc1C. The minimum absolute atomic E-state index is 0.0762. The summed E-state index contributed by atoms with van der Waals surface area (Å²) in [6, 6.07) is 14.8. The second-order valence-electron chi connectivity index (χ2n) is 6.93. The fraction of sp³-hybridized carbons (Fsp3) is 0.391. The van der Waals surface area contributed by atoms with E-state index in [1.165, 1.54) is 0 Å². The Labute approximate surface area is 172 Å². The van der Waals surface area contributed by atoms with Crippen LogP contribution in [-0.4, -0.2) is 29.3 Å². The molecule has 0 aliphatic carbocycles. The number of carbonyl (C=O) groups is 2. The highest BCUT2D eigenvalue weighted by Crippen LogP contribution is 2.21. The molecule has 2 amide bonds. The van der Waals surface area contributed by atoms with E-state index in [0.717, 1.165) is 23.1 Å². The van der Waals surface area contributed by atoms with Crippen molar-refractivity contribution in [1.82, 2.24) is 10.2 Å². The molecule has 0 fully saturated rings. The third-order valence-electron chi connectivity index (χ3n) is 4.84. The smallest absolute Gasteiger partial charge is 0.242 e. The number of rotatable bonds is 9. The standard InChI is InChI=1S/C23H29ClN2O2/c1-4-14-25-23(28)21(5-2)26(16-19-12-8-9-13-20(19)24)22(27)15-18-11-7-6-10-17(18)3/h6-13,21H,4-5,14-16H2,1-3H3,(H,25,28)/t21-/m0/s1. The third-order valence-corrected chi connectivity index (χ3v) is 5.21. The lowest BCUT2D eigenvalue weighted by molar-refractivity contribution is -0.140. The average molecular weight is 401 g/mol. The van der Waals surface area contributed by atoms with E-state index in [-0.39, 0.29) is 18.2 Å². The van der Waals surface area contributed by atoms with Crippen molar-refractivity contribution in [3.05, 3.63) is 70.2 Å². The molecule has 4 nitrogen and oxygen atoms in total. The summed E-state index contributed by atoms with van der Waals surface area (Å²) >= 11 is 6.33. The number of amides is 2. The molecule has 0 bridgehead atoms. The predicted molar refractivity (Wildman–Crippen MR) is 114 cm³/mol. The first-order valence-electron chi connectivity index (χ1n) is 9.83. The Morgan fingerprint density at radius 1 is 1.04 bits per heavy atom. The van der Waals surface area contributed by atoms with E-state index in [2.05, 4.69) is 5.32 Å². The normalized spacial score (nSPS) is 11.7. The van der Waals surface area contributed by atoms with Crippen LogP contribution in [0.15, 0.2) is 48.5 Å². The first-order chi connectivity index (χ1) is 13.5. The molecule has 0 aromatic heterocycles. The molecule has 0 aliphatic heterocycles. The van der Waals surface area contributed by atoms with Gasteiger partial charge in [0.05, 0.1) is 6.42 Å². The highest BCUT2D eigenvalue weighted by molar-refractivity contribution is 6.31. The van der Waals surface area contributed by atoms with Gasteiger partial charge in [-0.2, -0.15) is 0 Å². The molecule has 0 heterocycles. The maximum atomic E-state index is 13.3. The lowest BCUT2D eigenvalue weighted by atomic mass is 10.0. The van der Waals surface area contributed by atoms with Crippen LogP contribution in [0.3, 0.4) is 0 Å². The van der Waals surface area contributed by atoms with Gasteiger partial charge in [-0.1, -0.05) is 67.9 Å². The number of nitrogens with zero attached hydrogens (tertiary/aromatic N) is 1. The van der Waals surface area contributed by atoms with E-state index in [1.807, 2.05) is 63.2 Å². The quantitative estimate of drug-likeness (QED) is 0.672. The Balaban J connectivity index is 2.31. The number of benzene rings is 2. The van der Waals surface area contributed by atoms with Crippen molar-refractivity contribution < 1.29 is 9.59 Å². The third kappa shape index (κ3) is 5.83. The number of hydrogen-bond donors (Lipinski definition) is 1. The molecular formula is C23H29ClN2O2. The summed E-state index contributed by atoms with van der Waals surface area (Å²) < 4.78 is 0. The molecule has 0 saturated carbocycles. The Kier molecular flexibility index (Phi) is 8.52. The van der Waals surface area contributed by atoms with Crippen LogP contribution in [0.2, 0.25) is 5.02 Å². The minimum Gasteiger partial charge on any atom is -0.354 e. The van der Waals surface area contributed by atoms with Crippen LogP contribution < -0.4 is 5.32 Å². The van der Waals surface area contributed by atoms with E-state index in [0.29, 0.717) is 24.5 Å². The molecule has 0 saturated heterocycles. The summed E-state index contributed by atoms with van der Waals surface area (Å²) in [5.41, 5.74) is 2.88. The lowest BCUT2D eigenvalue weighted by Gasteiger charge is -2.31. The first-order valence-corrected chi connectivity index (χ1v) is 10.2. The second-order valence-corrected chi connectivity index (χ2v) is 7.34. The van der Waals surface area contributed by atoms with E-state index in [9.17, 15) is 9.59 Å². The molecule has 2 aromatic rings. The number of nitrogens with one attached hydrogen (secondary N) is 1. The van der Waals surface area contributed by atoms with Crippen LogP contribution in [0.4, 0.5) is 0 Å². The maximum absolute atomic E-state index is 13.3. The Morgan fingerprint density at radius 2 is 1.68 bits per heavy atom. The largest absolute Gasteiger partial charge is 0.354 e. The molecule has 2 aromatic carbocycles. The Hall–Kier alpha value is -2.33. The van der Waals surface area contributed by atoms with E-state index < -0.39 is 6.04 Å². The van der Waals surface area contributed by atoms with Crippen molar-refractivity contribution in [3.63, 3.8) is 0 Å². The zero-order chi connectivity index (χ0) is 20.5. The van der Waals surface area contributed by atoms with Crippen LogP contribution >= 0.6 is 11.6 Å². The van der Waals surface area contributed by atoms with E-state index >= 15 is 0 Å². The van der Waals surface area contributed by atoms with Gasteiger partial charge in [-0.25, -0.2) is 0 Å². The molecule has 2 rings (SSSR count). The summed E-state index contributed by atoms with van der Waals surface area (Å²) in [7, 11) is 0. The molecule has 1 atom stereocenters. The van der Waals surface area contributed by atoms with Crippen molar-refractivity contribution in [2.45, 2.75) is 52.6 Å². The molecule has 1 N–H and O–H groups in total. The number of halogens is 1. The molecule has 0 spiro atoms. The summed E-state index contributed by atoms with van der Waals surface area (Å²) in [5, 5.41) is 3.53. The van der Waals surface area contributed by atoms with Crippen LogP contribution in [0.25, 0.3) is 0 Å². The number of hydrogen-bond acceptors (Lipinski definition) is 2. The van der Waals surface area contributed by atoms with Crippen molar-refractivity contribution in [1.29, 1.82) is 0 Å². The molecule has 0 unspecified atom stereocenters. The molecular weight excluding hydrogens is 372 g/mol. The van der Waals surface area contributed by atoms with Crippen LogP contribution in [0.1, 0.15) is 43.4 Å². The van der Waals surface area contributed by atoms with Gasteiger partial charge in [0.25, 0.3) is 0 Å². The van der Waals surface area contributed by atoms with Crippen molar-refractivity contribution in [2.24, 2.45) is 0 Å². The van der Waals surface area contributed by atoms with Crippen molar-refractivity contribution in [3.8, 4) is 0 Å². The topological polar surface area (TPSA) is 49.4 Å². The van der Waals surface area contributed by atoms with Gasteiger partial charge in [0, 0.05) is 18.1 Å². The van der Waals surface area contributed by atoms with Crippen LogP contribution in [0, 0.1) is 6.92 Å². The summed E-state index contributed by atoms with van der Waals surface area (Å²) in [4.78, 5) is 27.7. The van der Waals surface area contributed by atoms with Gasteiger partial charge in [0.15, 0.2) is 0 Å². The monoisotopic (exact) mass is 400 g/mol. The van der Waals surface area contributed by atoms with Crippen LogP contribution in [0.5, 0.6) is 0 Å². The van der Waals surface area contributed by atoms with E-state index in [1.54, 1.807) is 11.0 Å². The minimum atomic E-state index is -0.528. The van der Waals surface area contributed by atoms with Gasteiger partial charge in [0.1, 0.15) is 6.04 Å². The van der Waals surface area contributed by atoms with Gasteiger partial charge < -0.3 is 10.2 Å². The number of carbonyl (C=O) groups excluding carboxylic acids is 2. The highest BCUT2D eigenvalue weighted by atomic mass is 35.5. The zero-order valence-corrected chi connectivity index (χ0v) is 17.6. The van der Waals surface area contributed by atoms with Gasteiger partial charge >= 0.3 is 0 Å². The average Bonchev–Trinajstić information content (AvgIpc) is 2.69. The van der Waals surface area contributed by atoms with Crippen LogP contribution in [-0.2, 0) is 22.6 Å². The maximum Gasteiger partial charge on any atom is 0.242 e. The molecule has 5 heteroatoms. The van der Waals surface area contributed by atoms with Gasteiger partial charge in [-0.3, -0.25) is 9.59 Å². The summed E-state index contributed by atoms with van der Waals surface area (Å²) in [6.07, 6.45) is 1.65. The molecule has 150 valence electrons. The molecule has 28 heavy (non-hydrogen) atoms. The van der Waals surface area contributed by atoms with Gasteiger partial charge in [-0.05, 0) is 42.5 Å². The zero-order valence-electron chi connectivity index (χ0n) is 16.9. The molecule has 0 radical (unpaired) electrons. The van der Waals surface area contributed by atoms with Gasteiger partial charge in [-0.15, -0.1) is 0 Å². The summed E-state index contributed by atoms with van der Waals surface area (Å²) in [5.74, 6) is -0.192. The number of aryl methyl sites for hydroxylation is 1. The van der Waals surface area contributed by atoms with E-state index in [4.69, 9.17) is 11.6 Å². The van der Waals surface area contributed by atoms with Gasteiger partial charge in [0.2, 0.25) is 11.8 Å². The van der Waals surface area contributed by atoms with Crippen molar-refractivity contribution in [2.75, 3.05) is 6.54 Å². The highest BCUT2D eigenvalue weighted by Gasteiger charge is 2.29. The predicted octanol–water partition coefficient (Wildman–Crippen LogP) is 4.52. The second kappa shape index (κ2) is 10.9.